The van der Waals surface area contributed by atoms with Crippen molar-refractivity contribution in [3.05, 3.63) is 54.1 Å². The number of carbonyl (C=O) groups is 1. The summed E-state index contributed by atoms with van der Waals surface area (Å²) in [5, 5.41) is 0. The SMILES string of the molecule is CC(C)COc1ccc(-c2ccc(C=O)cc2)cc1. The van der Waals surface area contributed by atoms with E-state index >= 15 is 0 Å². The minimum atomic E-state index is 0.524. The zero-order valence-electron chi connectivity index (χ0n) is 11.3. The molecule has 0 radical (unpaired) electrons. The van der Waals surface area contributed by atoms with E-state index < -0.39 is 0 Å². The van der Waals surface area contributed by atoms with E-state index in [0.717, 1.165) is 29.8 Å². The molecule has 0 unspecified atom stereocenters. The van der Waals surface area contributed by atoms with Gasteiger partial charge in [0.05, 0.1) is 6.61 Å². The second-order valence-electron chi connectivity index (χ2n) is 4.97. The number of hydrogen-bond donors (Lipinski definition) is 0. The lowest BCUT2D eigenvalue weighted by molar-refractivity contribution is 0.112. The lowest BCUT2D eigenvalue weighted by atomic mass is 10.0. The number of carbonyl (C=O) groups excluding carboxylic acids is 1. The van der Waals surface area contributed by atoms with Crippen LogP contribution in [0.2, 0.25) is 0 Å². The number of aldehydes is 1. The molecule has 0 aliphatic rings. The Balaban J connectivity index is 2.10. The van der Waals surface area contributed by atoms with Gasteiger partial charge in [-0.15, -0.1) is 0 Å². The van der Waals surface area contributed by atoms with E-state index in [1.165, 1.54) is 0 Å². The average molecular weight is 254 g/mol. The number of ether oxygens (including phenoxy) is 1. The van der Waals surface area contributed by atoms with Crippen molar-refractivity contribution in [2.75, 3.05) is 6.61 Å². The Morgan fingerprint density at radius 1 is 0.947 bits per heavy atom. The largest absolute Gasteiger partial charge is 0.493 e. The third-order valence-corrected chi connectivity index (χ3v) is 2.82. The summed E-state index contributed by atoms with van der Waals surface area (Å²) in [4.78, 5) is 10.6. The highest BCUT2D eigenvalue weighted by Gasteiger charge is 2.00. The molecule has 2 nitrogen and oxygen atoms in total. The second-order valence-corrected chi connectivity index (χ2v) is 4.97. The zero-order valence-corrected chi connectivity index (χ0v) is 11.3. The first-order chi connectivity index (χ1) is 9.19. The Hall–Kier alpha value is -2.09. The van der Waals surface area contributed by atoms with Gasteiger partial charge in [-0.05, 0) is 29.2 Å². The molecular formula is C17H18O2. The summed E-state index contributed by atoms with van der Waals surface area (Å²) in [6.45, 7) is 4.99. The molecular weight excluding hydrogens is 236 g/mol. The van der Waals surface area contributed by atoms with Gasteiger partial charge in [-0.25, -0.2) is 0 Å². The van der Waals surface area contributed by atoms with Crippen molar-refractivity contribution in [3.63, 3.8) is 0 Å². The van der Waals surface area contributed by atoms with Gasteiger partial charge >= 0.3 is 0 Å². The quantitative estimate of drug-likeness (QED) is 0.747. The molecule has 0 amide bonds. The average Bonchev–Trinajstić information content (AvgIpc) is 2.46. The first kappa shape index (κ1) is 13.3. The third kappa shape index (κ3) is 3.68. The molecule has 2 heteroatoms. The predicted octanol–water partition coefficient (Wildman–Crippen LogP) is 4.20. The Morgan fingerprint density at radius 2 is 1.47 bits per heavy atom. The van der Waals surface area contributed by atoms with Crippen LogP contribution in [0.25, 0.3) is 11.1 Å². The summed E-state index contributed by atoms with van der Waals surface area (Å²) in [7, 11) is 0. The molecule has 0 aliphatic carbocycles. The molecule has 0 atom stereocenters. The van der Waals surface area contributed by atoms with Gasteiger partial charge in [0, 0.05) is 5.56 Å². The summed E-state index contributed by atoms with van der Waals surface area (Å²) in [5.41, 5.74) is 2.91. The molecule has 2 aromatic carbocycles. The minimum absolute atomic E-state index is 0.524. The van der Waals surface area contributed by atoms with Gasteiger partial charge in [-0.1, -0.05) is 50.2 Å². The van der Waals surface area contributed by atoms with Crippen molar-refractivity contribution < 1.29 is 9.53 Å². The second kappa shape index (κ2) is 6.19. The number of hydrogen-bond acceptors (Lipinski definition) is 2. The number of rotatable bonds is 5. The van der Waals surface area contributed by atoms with Crippen LogP contribution in [0.4, 0.5) is 0 Å². The molecule has 0 bridgehead atoms. The van der Waals surface area contributed by atoms with Gasteiger partial charge in [0.15, 0.2) is 0 Å². The smallest absolute Gasteiger partial charge is 0.150 e. The summed E-state index contributed by atoms with van der Waals surface area (Å²) < 4.78 is 5.65. The normalized spacial score (nSPS) is 10.5. The Labute approximate surface area is 114 Å². The molecule has 19 heavy (non-hydrogen) atoms. The van der Waals surface area contributed by atoms with Crippen molar-refractivity contribution in [3.8, 4) is 16.9 Å². The molecule has 0 fully saturated rings. The van der Waals surface area contributed by atoms with Crippen molar-refractivity contribution in [1.82, 2.24) is 0 Å². The van der Waals surface area contributed by atoms with Gasteiger partial charge < -0.3 is 4.74 Å². The van der Waals surface area contributed by atoms with Crippen LogP contribution in [0.5, 0.6) is 5.75 Å². The summed E-state index contributed by atoms with van der Waals surface area (Å²) >= 11 is 0. The van der Waals surface area contributed by atoms with Crippen molar-refractivity contribution in [2.45, 2.75) is 13.8 Å². The lowest BCUT2D eigenvalue weighted by Crippen LogP contribution is -2.04. The molecule has 0 heterocycles. The lowest BCUT2D eigenvalue weighted by Gasteiger charge is -2.09. The summed E-state index contributed by atoms with van der Waals surface area (Å²) in [6, 6.07) is 15.6. The maximum absolute atomic E-state index is 10.6. The fourth-order valence-electron chi connectivity index (χ4n) is 1.76. The molecule has 0 spiro atoms. The van der Waals surface area contributed by atoms with Crippen LogP contribution >= 0.6 is 0 Å². The fraction of sp³-hybridized carbons (Fsp3) is 0.235. The van der Waals surface area contributed by atoms with E-state index in [9.17, 15) is 4.79 Å². The standard InChI is InChI=1S/C17H18O2/c1-13(2)12-19-17-9-7-16(8-10-17)15-5-3-14(11-18)4-6-15/h3-11,13H,12H2,1-2H3. The van der Waals surface area contributed by atoms with Crippen molar-refractivity contribution in [1.29, 1.82) is 0 Å². The minimum Gasteiger partial charge on any atom is -0.493 e. The maximum Gasteiger partial charge on any atom is 0.150 e. The summed E-state index contributed by atoms with van der Waals surface area (Å²) in [6.07, 6.45) is 0.854. The van der Waals surface area contributed by atoms with Gasteiger partial charge in [0.25, 0.3) is 0 Å². The number of benzene rings is 2. The highest BCUT2D eigenvalue weighted by Crippen LogP contribution is 2.22. The predicted molar refractivity (Wildman–Crippen MR) is 77.6 cm³/mol. The van der Waals surface area contributed by atoms with E-state index in [4.69, 9.17) is 4.74 Å². The van der Waals surface area contributed by atoms with E-state index in [1.807, 2.05) is 48.5 Å². The molecule has 0 aromatic heterocycles. The van der Waals surface area contributed by atoms with Crippen LogP contribution in [0.15, 0.2) is 48.5 Å². The molecule has 2 rings (SSSR count). The van der Waals surface area contributed by atoms with E-state index in [-0.39, 0.29) is 0 Å². The molecule has 0 saturated carbocycles. The Morgan fingerprint density at radius 3 is 1.95 bits per heavy atom. The summed E-state index contributed by atoms with van der Waals surface area (Å²) in [5.74, 6) is 1.41. The van der Waals surface area contributed by atoms with E-state index in [2.05, 4.69) is 13.8 Å². The topological polar surface area (TPSA) is 26.3 Å². The highest BCUT2D eigenvalue weighted by molar-refractivity contribution is 5.76. The first-order valence-corrected chi connectivity index (χ1v) is 6.47. The highest BCUT2D eigenvalue weighted by atomic mass is 16.5. The van der Waals surface area contributed by atoms with Crippen molar-refractivity contribution >= 4 is 6.29 Å². The first-order valence-electron chi connectivity index (χ1n) is 6.47. The fourth-order valence-corrected chi connectivity index (χ4v) is 1.76. The van der Waals surface area contributed by atoms with Crippen LogP contribution in [-0.4, -0.2) is 12.9 Å². The monoisotopic (exact) mass is 254 g/mol. The van der Waals surface area contributed by atoms with E-state index in [0.29, 0.717) is 11.5 Å². The Bertz CT molecular complexity index is 524. The van der Waals surface area contributed by atoms with Gasteiger partial charge in [0.1, 0.15) is 12.0 Å². The van der Waals surface area contributed by atoms with Gasteiger partial charge in [-0.3, -0.25) is 4.79 Å². The van der Waals surface area contributed by atoms with Crippen LogP contribution < -0.4 is 4.74 Å². The van der Waals surface area contributed by atoms with Crippen LogP contribution in [-0.2, 0) is 0 Å². The Kier molecular flexibility index (Phi) is 4.35. The molecule has 0 aliphatic heterocycles. The maximum atomic E-state index is 10.6. The third-order valence-electron chi connectivity index (χ3n) is 2.82. The van der Waals surface area contributed by atoms with Crippen LogP contribution in [0.3, 0.4) is 0 Å². The van der Waals surface area contributed by atoms with Gasteiger partial charge in [0.2, 0.25) is 0 Å². The van der Waals surface area contributed by atoms with Crippen LogP contribution in [0.1, 0.15) is 24.2 Å². The zero-order chi connectivity index (χ0) is 13.7. The molecule has 0 saturated heterocycles. The van der Waals surface area contributed by atoms with Gasteiger partial charge in [-0.2, -0.15) is 0 Å². The molecule has 98 valence electrons. The van der Waals surface area contributed by atoms with E-state index in [1.54, 1.807) is 0 Å². The molecule has 2 aromatic rings. The van der Waals surface area contributed by atoms with Crippen LogP contribution in [0, 0.1) is 5.92 Å². The molecule has 0 N–H and O–H groups in total. The van der Waals surface area contributed by atoms with Crippen molar-refractivity contribution in [2.24, 2.45) is 5.92 Å².